The van der Waals surface area contributed by atoms with E-state index in [0.29, 0.717) is 29.8 Å². The highest BCUT2D eigenvalue weighted by Gasteiger charge is 2.16. The smallest absolute Gasteiger partial charge is 0.274 e. The lowest BCUT2D eigenvalue weighted by atomic mass is 10.1. The van der Waals surface area contributed by atoms with Gasteiger partial charge in [0.1, 0.15) is 11.8 Å². The van der Waals surface area contributed by atoms with Crippen molar-refractivity contribution in [1.29, 1.82) is 5.26 Å². The van der Waals surface area contributed by atoms with Gasteiger partial charge in [0.2, 0.25) is 0 Å². The second kappa shape index (κ2) is 9.24. The van der Waals surface area contributed by atoms with Crippen LogP contribution in [0.2, 0.25) is 0 Å². The molecule has 144 valence electrons. The lowest BCUT2D eigenvalue weighted by molar-refractivity contribution is 0.0796. The molecule has 29 heavy (non-hydrogen) atoms. The van der Waals surface area contributed by atoms with E-state index in [-0.39, 0.29) is 11.6 Å². The molecule has 0 fully saturated rings. The number of benzene rings is 1. The first-order chi connectivity index (χ1) is 14.1. The van der Waals surface area contributed by atoms with Crippen LogP contribution in [0.5, 0.6) is 0 Å². The average molecular weight is 385 g/mol. The summed E-state index contributed by atoms with van der Waals surface area (Å²) < 4.78 is 0. The van der Waals surface area contributed by atoms with Gasteiger partial charge in [0.15, 0.2) is 0 Å². The maximum atomic E-state index is 12.7. The molecule has 1 aromatic carbocycles. The van der Waals surface area contributed by atoms with Crippen LogP contribution < -0.4 is 5.32 Å². The van der Waals surface area contributed by atoms with E-state index in [0.717, 1.165) is 5.56 Å². The highest BCUT2D eigenvalue weighted by molar-refractivity contribution is 6.05. The maximum Gasteiger partial charge on any atom is 0.274 e. The summed E-state index contributed by atoms with van der Waals surface area (Å²) in [4.78, 5) is 34.9. The molecule has 7 heteroatoms. The van der Waals surface area contributed by atoms with E-state index >= 15 is 0 Å². The summed E-state index contributed by atoms with van der Waals surface area (Å²) in [6, 6.07) is 15.6. The molecule has 0 unspecified atom stereocenters. The lowest BCUT2D eigenvalue weighted by Gasteiger charge is -2.17. The van der Waals surface area contributed by atoms with Crippen LogP contribution in [0.3, 0.4) is 0 Å². The van der Waals surface area contributed by atoms with Crippen LogP contribution >= 0.6 is 0 Å². The second-order valence-electron chi connectivity index (χ2n) is 6.37. The number of likely N-dealkylation sites (N-methyl/N-ethyl adjacent to an activating group) is 1. The number of aromatic nitrogens is 2. The van der Waals surface area contributed by atoms with Gasteiger partial charge in [0, 0.05) is 37.7 Å². The van der Waals surface area contributed by atoms with Crippen molar-refractivity contribution in [1.82, 2.24) is 14.9 Å². The molecule has 0 aliphatic carbocycles. The number of hydrogen-bond acceptors (Lipinski definition) is 5. The quantitative estimate of drug-likeness (QED) is 0.703. The molecule has 0 atom stereocenters. The third kappa shape index (κ3) is 5.02. The van der Waals surface area contributed by atoms with Crippen molar-refractivity contribution in [2.75, 3.05) is 18.9 Å². The number of rotatable bonds is 6. The minimum Gasteiger partial charge on any atom is -0.341 e. The molecule has 0 spiro atoms. The topological polar surface area (TPSA) is 99.0 Å². The molecule has 0 saturated carbocycles. The molecule has 3 aromatic rings. The largest absolute Gasteiger partial charge is 0.341 e. The number of anilines is 1. The van der Waals surface area contributed by atoms with Gasteiger partial charge in [0.05, 0.1) is 11.3 Å². The van der Waals surface area contributed by atoms with E-state index in [2.05, 4.69) is 15.3 Å². The number of carbonyl (C=O) groups is 2. The summed E-state index contributed by atoms with van der Waals surface area (Å²) in [6.07, 6.45) is 5.56. The number of hydrogen-bond donors (Lipinski definition) is 1. The van der Waals surface area contributed by atoms with Crippen molar-refractivity contribution in [3.8, 4) is 6.07 Å². The molecule has 2 amide bonds. The Balaban J connectivity index is 1.68. The van der Waals surface area contributed by atoms with Gasteiger partial charge in [-0.3, -0.25) is 19.6 Å². The van der Waals surface area contributed by atoms with E-state index in [9.17, 15) is 9.59 Å². The number of carbonyl (C=O) groups excluding carboxylic acids is 2. The zero-order valence-corrected chi connectivity index (χ0v) is 15.9. The molecule has 1 N–H and O–H groups in total. The lowest BCUT2D eigenvalue weighted by Crippen LogP contribution is -2.29. The summed E-state index contributed by atoms with van der Waals surface area (Å²) >= 11 is 0. The van der Waals surface area contributed by atoms with Gasteiger partial charge in [0.25, 0.3) is 11.8 Å². The van der Waals surface area contributed by atoms with E-state index < -0.39 is 5.91 Å². The molecule has 2 heterocycles. The summed E-state index contributed by atoms with van der Waals surface area (Å²) in [7, 11) is 1.72. The highest BCUT2D eigenvalue weighted by atomic mass is 16.2. The Morgan fingerprint density at radius 2 is 1.86 bits per heavy atom. The highest BCUT2D eigenvalue weighted by Crippen LogP contribution is 2.15. The Morgan fingerprint density at radius 3 is 2.62 bits per heavy atom. The zero-order valence-electron chi connectivity index (χ0n) is 15.9. The Bertz CT molecular complexity index is 1060. The predicted molar refractivity (Wildman–Crippen MR) is 108 cm³/mol. The van der Waals surface area contributed by atoms with E-state index in [1.807, 2.05) is 18.2 Å². The number of para-hydroxylation sites is 1. The maximum absolute atomic E-state index is 12.7. The van der Waals surface area contributed by atoms with Crippen molar-refractivity contribution < 1.29 is 9.59 Å². The van der Waals surface area contributed by atoms with E-state index in [4.69, 9.17) is 5.26 Å². The molecule has 0 aliphatic rings. The van der Waals surface area contributed by atoms with Gasteiger partial charge in [-0.1, -0.05) is 12.1 Å². The Morgan fingerprint density at radius 1 is 1.10 bits per heavy atom. The fraction of sp³-hybridized carbons (Fsp3) is 0.136. The third-order valence-electron chi connectivity index (χ3n) is 4.37. The van der Waals surface area contributed by atoms with Crippen LogP contribution in [0.15, 0.2) is 67.1 Å². The Labute approximate surface area is 168 Å². The number of amides is 2. The molecule has 7 nitrogen and oxygen atoms in total. The number of nitriles is 1. The predicted octanol–water partition coefficient (Wildman–Crippen LogP) is 2.92. The average Bonchev–Trinajstić information content (AvgIpc) is 2.78. The summed E-state index contributed by atoms with van der Waals surface area (Å²) in [6.45, 7) is 0.530. The van der Waals surface area contributed by atoms with Crippen molar-refractivity contribution in [2.24, 2.45) is 0 Å². The standard InChI is InChI=1S/C22H19N5O2/c1-27(13-9-16-6-10-24-11-7-16)22(29)17-8-12-25-20(14-17)21(28)26-19-5-3-2-4-18(19)15-23/h2-8,10-12,14H,9,13H2,1H3,(H,26,28). The molecule has 0 saturated heterocycles. The Kier molecular flexibility index (Phi) is 6.28. The first-order valence-electron chi connectivity index (χ1n) is 8.99. The SMILES string of the molecule is CN(CCc1ccncc1)C(=O)c1ccnc(C(=O)Nc2ccccc2C#N)c1. The van der Waals surface area contributed by atoms with Gasteiger partial charge < -0.3 is 10.2 Å². The fourth-order valence-electron chi connectivity index (χ4n) is 2.73. The minimum absolute atomic E-state index is 0.103. The van der Waals surface area contributed by atoms with Crippen LogP contribution in [0.25, 0.3) is 0 Å². The van der Waals surface area contributed by atoms with Gasteiger partial charge in [-0.05, 0) is 48.4 Å². The second-order valence-corrected chi connectivity index (χ2v) is 6.37. The van der Waals surface area contributed by atoms with Crippen LogP contribution in [-0.2, 0) is 6.42 Å². The van der Waals surface area contributed by atoms with Crippen LogP contribution in [0, 0.1) is 11.3 Å². The summed E-state index contributed by atoms with van der Waals surface area (Å²) in [5.41, 5.74) is 2.31. The molecule has 0 bridgehead atoms. The number of nitrogens with zero attached hydrogens (tertiary/aromatic N) is 4. The minimum atomic E-state index is -0.484. The Hall–Kier alpha value is -4.05. The van der Waals surface area contributed by atoms with Crippen LogP contribution in [-0.4, -0.2) is 40.3 Å². The number of pyridine rings is 2. The number of nitrogens with one attached hydrogen (secondary N) is 1. The molecular weight excluding hydrogens is 366 g/mol. The normalized spacial score (nSPS) is 10.1. The van der Waals surface area contributed by atoms with Gasteiger partial charge >= 0.3 is 0 Å². The first kappa shape index (κ1) is 19.7. The van der Waals surface area contributed by atoms with Gasteiger partial charge in [-0.15, -0.1) is 0 Å². The molecule has 3 rings (SSSR count). The van der Waals surface area contributed by atoms with Crippen molar-refractivity contribution >= 4 is 17.5 Å². The van der Waals surface area contributed by atoms with E-state index in [1.165, 1.54) is 12.3 Å². The fourth-order valence-corrected chi connectivity index (χ4v) is 2.73. The van der Waals surface area contributed by atoms with Crippen molar-refractivity contribution in [2.45, 2.75) is 6.42 Å². The van der Waals surface area contributed by atoms with Crippen molar-refractivity contribution in [3.63, 3.8) is 0 Å². The van der Waals surface area contributed by atoms with Crippen molar-refractivity contribution in [3.05, 3.63) is 89.5 Å². The molecule has 2 aromatic heterocycles. The first-order valence-corrected chi connectivity index (χ1v) is 8.99. The third-order valence-corrected chi connectivity index (χ3v) is 4.37. The van der Waals surface area contributed by atoms with Crippen LogP contribution in [0.1, 0.15) is 32.0 Å². The molecule has 0 radical (unpaired) electrons. The summed E-state index contributed by atoms with van der Waals surface area (Å²) in [5.74, 6) is -0.685. The monoisotopic (exact) mass is 385 g/mol. The van der Waals surface area contributed by atoms with E-state index in [1.54, 1.807) is 54.7 Å². The van der Waals surface area contributed by atoms with Crippen LogP contribution in [0.4, 0.5) is 5.69 Å². The molecular formula is C22H19N5O2. The zero-order chi connectivity index (χ0) is 20.6. The summed E-state index contributed by atoms with van der Waals surface area (Å²) in [5, 5.41) is 11.8. The molecule has 0 aliphatic heterocycles. The van der Waals surface area contributed by atoms with Gasteiger partial charge in [-0.25, -0.2) is 0 Å². The van der Waals surface area contributed by atoms with Gasteiger partial charge in [-0.2, -0.15) is 5.26 Å².